The Kier molecular flexibility index (Phi) is 9.10. The molecule has 0 nitrogen and oxygen atoms in total. The zero-order valence-electron chi connectivity index (χ0n) is 20.9. The molecule has 32 heavy (non-hydrogen) atoms. The van der Waals surface area contributed by atoms with Crippen molar-refractivity contribution in [3.8, 4) is 0 Å². The van der Waals surface area contributed by atoms with Crippen molar-refractivity contribution in [3.05, 3.63) is 59.8 Å². The second-order valence-electron chi connectivity index (χ2n) is 11.2. The van der Waals surface area contributed by atoms with Gasteiger partial charge in [0.15, 0.2) is 0 Å². The summed E-state index contributed by atoms with van der Waals surface area (Å²) < 4.78 is 0. The first-order chi connectivity index (χ1) is 15.5. The van der Waals surface area contributed by atoms with E-state index in [1.165, 1.54) is 74.6 Å². The molecule has 4 rings (SSSR count). The van der Waals surface area contributed by atoms with Gasteiger partial charge in [-0.2, -0.15) is 0 Å². The van der Waals surface area contributed by atoms with E-state index in [4.69, 9.17) is 0 Å². The predicted octanol–water partition coefficient (Wildman–Crippen LogP) is 9.01. The fourth-order valence-corrected chi connectivity index (χ4v) is 13.7. The molecule has 0 aromatic heterocycles. The Hall–Kier alpha value is -0.440. The molecule has 4 aliphatic carbocycles. The third-order valence-corrected chi connectivity index (χ3v) is 14.6. The monoisotopic (exact) mass is 468 g/mol. The van der Waals surface area contributed by atoms with Gasteiger partial charge in [0, 0.05) is 5.92 Å². The lowest BCUT2D eigenvalue weighted by Gasteiger charge is -2.30. The summed E-state index contributed by atoms with van der Waals surface area (Å²) in [6, 6.07) is 0. The molecule has 0 spiro atoms. The maximum atomic E-state index is 4.41. The van der Waals surface area contributed by atoms with E-state index in [2.05, 4.69) is 63.8 Å². The van der Waals surface area contributed by atoms with Crippen molar-refractivity contribution in [2.45, 2.75) is 59.3 Å². The van der Waals surface area contributed by atoms with Gasteiger partial charge >= 0.3 is 0 Å². The minimum atomic E-state index is 0.104. The summed E-state index contributed by atoms with van der Waals surface area (Å²) in [5.41, 5.74) is 4.88. The lowest BCUT2D eigenvalue weighted by atomic mass is 10.0. The second-order valence-corrected chi connectivity index (χ2v) is 16.2. The van der Waals surface area contributed by atoms with Gasteiger partial charge in [-0.15, -0.1) is 15.8 Å². The van der Waals surface area contributed by atoms with Crippen molar-refractivity contribution in [2.75, 3.05) is 37.0 Å². The molecule has 0 saturated carbocycles. The third-order valence-electron chi connectivity index (χ3n) is 8.76. The highest BCUT2D eigenvalue weighted by molar-refractivity contribution is 7.61. The van der Waals surface area contributed by atoms with Crippen molar-refractivity contribution in [1.82, 2.24) is 0 Å². The highest BCUT2D eigenvalue weighted by Gasteiger charge is 2.28. The Labute approximate surface area is 201 Å². The second kappa shape index (κ2) is 11.8. The topological polar surface area (TPSA) is 0 Å². The van der Waals surface area contributed by atoms with Crippen LogP contribution in [-0.2, 0) is 0 Å². The molecule has 0 heterocycles. The molecule has 176 valence electrons. The van der Waals surface area contributed by atoms with Crippen LogP contribution < -0.4 is 0 Å². The first kappa shape index (κ1) is 24.7. The van der Waals surface area contributed by atoms with Crippen LogP contribution in [-0.4, -0.2) is 37.0 Å². The summed E-state index contributed by atoms with van der Waals surface area (Å²) in [5, 5.41) is 0. The summed E-state index contributed by atoms with van der Waals surface area (Å²) in [7, 11) is 0.247. The lowest BCUT2D eigenvalue weighted by Crippen LogP contribution is -2.16. The summed E-state index contributed by atoms with van der Waals surface area (Å²) in [6.45, 7) is 11.7. The third kappa shape index (κ3) is 6.57. The molecule has 0 aromatic carbocycles. The molecular weight excluding hydrogens is 422 g/mol. The van der Waals surface area contributed by atoms with Crippen LogP contribution >= 0.6 is 15.8 Å². The van der Waals surface area contributed by atoms with E-state index < -0.39 is 0 Å². The van der Waals surface area contributed by atoms with Gasteiger partial charge in [-0.1, -0.05) is 66.7 Å². The van der Waals surface area contributed by atoms with Crippen molar-refractivity contribution in [3.63, 3.8) is 0 Å². The van der Waals surface area contributed by atoms with Crippen LogP contribution in [0.4, 0.5) is 0 Å². The molecule has 0 N–H and O–H groups in total. The molecule has 7 atom stereocenters. The van der Waals surface area contributed by atoms with Crippen LogP contribution in [0, 0.1) is 29.6 Å². The normalized spacial score (nSPS) is 33.7. The van der Waals surface area contributed by atoms with Crippen LogP contribution in [0.2, 0.25) is 0 Å². The number of hydrogen-bond acceptors (Lipinski definition) is 0. The lowest BCUT2D eigenvalue weighted by molar-refractivity contribution is 0.501. The fraction of sp³-hybridized carbons (Fsp3) is 0.667. The number of hydrogen-bond donors (Lipinski definition) is 0. The first-order valence-corrected chi connectivity index (χ1v) is 17.1. The van der Waals surface area contributed by atoms with Gasteiger partial charge in [0.25, 0.3) is 0 Å². The van der Waals surface area contributed by atoms with E-state index in [1.807, 2.05) is 0 Å². The molecule has 4 aliphatic rings. The van der Waals surface area contributed by atoms with Crippen LogP contribution in [0.5, 0.6) is 0 Å². The first-order valence-electron chi connectivity index (χ1n) is 13.3. The largest absolute Gasteiger partial charge is 0.105 e. The quantitative estimate of drug-likeness (QED) is 0.210. The predicted molar refractivity (Wildman–Crippen MR) is 149 cm³/mol. The van der Waals surface area contributed by atoms with Crippen molar-refractivity contribution in [2.24, 2.45) is 29.6 Å². The number of rotatable bonds is 11. The Morgan fingerprint density at radius 3 is 1.94 bits per heavy atom. The maximum absolute atomic E-state index is 4.41. The molecule has 2 heteroatoms. The highest BCUT2D eigenvalue weighted by atomic mass is 31.1. The van der Waals surface area contributed by atoms with E-state index in [9.17, 15) is 0 Å². The van der Waals surface area contributed by atoms with E-state index in [1.54, 1.807) is 11.1 Å². The van der Waals surface area contributed by atoms with Crippen molar-refractivity contribution in [1.29, 1.82) is 0 Å². The minimum absolute atomic E-state index is 0.104. The smallest absolute Gasteiger partial charge is 0.00165 e. The van der Waals surface area contributed by atoms with Gasteiger partial charge in [0.2, 0.25) is 0 Å². The van der Waals surface area contributed by atoms with Crippen molar-refractivity contribution < 1.29 is 0 Å². The standard InChI is InChI=1S/C30H46P2/c1-23-9-5-13-27(23)19-31(20-28-14-6-10-24(28)2)17-18-32(21-29-15-7-11-25(29)3)22-30-16-8-12-26(30)4/h5,7,10,12-13,15,25,27-30H,1,6,8-9,11,14,16-22H2,2-4H3. The minimum Gasteiger partial charge on any atom is -0.105 e. The summed E-state index contributed by atoms with van der Waals surface area (Å²) in [6.07, 6.45) is 31.8. The van der Waals surface area contributed by atoms with Crippen LogP contribution in [0.15, 0.2) is 59.8 Å². The Morgan fingerprint density at radius 2 is 1.47 bits per heavy atom. The Morgan fingerprint density at radius 1 is 0.844 bits per heavy atom. The molecule has 0 aromatic rings. The van der Waals surface area contributed by atoms with Gasteiger partial charge in [-0.3, -0.25) is 0 Å². The Balaban J connectivity index is 1.40. The van der Waals surface area contributed by atoms with Crippen LogP contribution in [0.25, 0.3) is 0 Å². The van der Waals surface area contributed by atoms with Gasteiger partial charge in [-0.25, -0.2) is 0 Å². The Bertz CT molecular complexity index is 766. The van der Waals surface area contributed by atoms with Crippen LogP contribution in [0.3, 0.4) is 0 Å². The van der Waals surface area contributed by atoms with Crippen molar-refractivity contribution >= 4 is 15.8 Å². The SMILES string of the molecule is C=C1CC=CC1CP(CCP(CC1CCC=C1C)CC1C=CCC1C)CC1CCC=C1C. The summed E-state index contributed by atoms with van der Waals surface area (Å²) in [5.74, 6) is 4.18. The van der Waals surface area contributed by atoms with E-state index in [-0.39, 0.29) is 15.8 Å². The van der Waals surface area contributed by atoms with Gasteiger partial charge in [0.05, 0.1) is 0 Å². The zero-order chi connectivity index (χ0) is 22.5. The zero-order valence-corrected chi connectivity index (χ0v) is 22.7. The van der Waals surface area contributed by atoms with Gasteiger partial charge < -0.3 is 0 Å². The molecule has 0 saturated heterocycles. The fourth-order valence-electron chi connectivity index (χ4n) is 6.21. The number of allylic oxidation sites excluding steroid dienone is 9. The summed E-state index contributed by atoms with van der Waals surface area (Å²) in [4.78, 5) is 0. The average Bonchev–Trinajstić information content (AvgIpc) is 3.55. The van der Waals surface area contributed by atoms with E-state index >= 15 is 0 Å². The van der Waals surface area contributed by atoms with Gasteiger partial charge in [0.1, 0.15) is 0 Å². The van der Waals surface area contributed by atoms with Gasteiger partial charge in [-0.05, 0) is 113 Å². The molecule has 0 amide bonds. The van der Waals surface area contributed by atoms with E-state index in [0.717, 1.165) is 30.1 Å². The highest BCUT2D eigenvalue weighted by Crippen LogP contribution is 2.52. The maximum Gasteiger partial charge on any atom is 0.00165 e. The molecule has 0 aliphatic heterocycles. The molecule has 0 fully saturated rings. The summed E-state index contributed by atoms with van der Waals surface area (Å²) >= 11 is 0. The van der Waals surface area contributed by atoms with E-state index in [0.29, 0.717) is 5.92 Å². The van der Waals surface area contributed by atoms with Crippen LogP contribution in [0.1, 0.15) is 59.3 Å². The molecule has 0 radical (unpaired) electrons. The molecular formula is C30H46P2. The molecule has 7 unspecified atom stereocenters. The molecule has 0 bridgehead atoms. The average molecular weight is 469 g/mol.